The lowest BCUT2D eigenvalue weighted by molar-refractivity contribution is -0.175. The fraction of sp³-hybridized carbons (Fsp3) is 0.800. The highest BCUT2D eigenvalue weighted by Gasteiger charge is 2.57. The molecule has 0 radical (unpaired) electrons. The number of hydrogen-bond acceptors (Lipinski definition) is 3. The molecule has 1 unspecified atom stereocenters. The average molecular weight is 269 g/mol. The third-order valence-corrected chi connectivity index (χ3v) is 2.61. The smallest absolute Gasteiger partial charge is 0.411 e. The summed E-state index contributed by atoms with van der Waals surface area (Å²) in [5.74, 6) is -1.87. The quantitative estimate of drug-likeness (QED) is 0.703. The van der Waals surface area contributed by atoms with Gasteiger partial charge < -0.3 is 15.2 Å². The van der Waals surface area contributed by atoms with Crippen molar-refractivity contribution in [1.82, 2.24) is 5.32 Å². The van der Waals surface area contributed by atoms with Crippen LogP contribution in [0.1, 0.15) is 19.8 Å². The largest absolute Gasteiger partial charge is 0.480 e. The number of halogens is 3. The van der Waals surface area contributed by atoms with Gasteiger partial charge in [-0.15, -0.1) is 0 Å². The van der Waals surface area contributed by atoms with E-state index in [2.05, 4.69) is 10.1 Å². The highest BCUT2D eigenvalue weighted by atomic mass is 19.4. The van der Waals surface area contributed by atoms with Crippen molar-refractivity contribution in [2.45, 2.75) is 32.0 Å². The van der Waals surface area contributed by atoms with Crippen molar-refractivity contribution in [2.24, 2.45) is 5.41 Å². The van der Waals surface area contributed by atoms with Crippen LogP contribution in [0.3, 0.4) is 0 Å². The second-order valence-electron chi connectivity index (χ2n) is 4.39. The molecule has 1 amide bonds. The van der Waals surface area contributed by atoms with Gasteiger partial charge in [0.05, 0.1) is 6.61 Å². The van der Waals surface area contributed by atoms with Crippen LogP contribution in [0, 0.1) is 5.41 Å². The highest BCUT2D eigenvalue weighted by Crippen LogP contribution is 2.46. The Bertz CT molecular complexity index is 339. The number of carbonyl (C=O) groups excluding carboxylic acids is 1. The molecule has 0 spiro atoms. The van der Waals surface area contributed by atoms with Gasteiger partial charge in [-0.25, -0.2) is 0 Å². The molecule has 1 aliphatic rings. The summed E-state index contributed by atoms with van der Waals surface area (Å²) >= 11 is 0. The Balaban J connectivity index is 2.31. The lowest BCUT2D eigenvalue weighted by Gasteiger charge is -2.17. The third kappa shape index (κ3) is 3.86. The van der Waals surface area contributed by atoms with E-state index in [0.29, 0.717) is 0 Å². The van der Waals surface area contributed by atoms with E-state index in [0.717, 1.165) is 0 Å². The average Bonchev–Trinajstić information content (AvgIpc) is 2.95. The van der Waals surface area contributed by atoms with E-state index in [-0.39, 0.29) is 19.4 Å². The van der Waals surface area contributed by atoms with Crippen LogP contribution in [0.15, 0.2) is 0 Å². The van der Waals surface area contributed by atoms with E-state index in [1.165, 1.54) is 6.92 Å². The van der Waals surface area contributed by atoms with Crippen molar-refractivity contribution in [2.75, 3.05) is 13.2 Å². The molecular formula is C10H14F3NO4. The molecule has 5 nitrogen and oxygen atoms in total. The molecule has 0 aromatic rings. The van der Waals surface area contributed by atoms with E-state index in [4.69, 9.17) is 5.11 Å². The molecule has 0 aliphatic heterocycles. The van der Waals surface area contributed by atoms with Crippen molar-refractivity contribution in [3.8, 4) is 0 Å². The van der Waals surface area contributed by atoms with E-state index >= 15 is 0 Å². The maximum Gasteiger partial charge on any atom is 0.411 e. The van der Waals surface area contributed by atoms with Crippen LogP contribution < -0.4 is 5.32 Å². The molecule has 2 N–H and O–H groups in total. The molecule has 1 saturated carbocycles. The molecular weight excluding hydrogens is 255 g/mol. The molecule has 0 bridgehead atoms. The minimum absolute atomic E-state index is 0.254. The van der Waals surface area contributed by atoms with Gasteiger partial charge in [0, 0.05) is 6.04 Å². The van der Waals surface area contributed by atoms with Gasteiger partial charge in [0.2, 0.25) is 5.91 Å². The maximum atomic E-state index is 11.8. The predicted molar refractivity (Wildman–Crippen MR) is 53.8 cm³/mol. The van der Waals surface area contributed by atoms with Gasteiger partial charge in [-0.2, -0.15) is 13.2 Å². The molecule has 0 aromatic heterocycles. The zero-order valence-corrected chi connectivity index (χ0v) is 9.71. The Hall–Kier alpha value is -1.31. The summed E-state index contributed by atoms with van der Waals surface area (Å²) in [4.78, 5) is 22.4. The van der Waals surface area contributed by atoms with Gasteiger partial charge in [0.15, 0.2) is 0 Å². The molecule has 8 heteroatoms. The van der Waals surface area contributed by atoms with E-state index in [1.54, 1.807) is 0 Å². The van der Waals surface area contributed by atoms with Gasteiger partial charge in [-0.05, 0) is 19.8 Å². The number of amides is 1. The Labute approximate surface area is 101 Å². The van der Waals surface area contributed by atoms with Crippen molar-refractivity contribution in [3.05, 3.63) is 0 Å². The first-order valence-corrected chi connectivity index (χ1v) is 5.36. The number of hydrogen-bond donors (Lipinski definition) is 2. The predicted octanol–water partition coefficient (Wildman–Crippen LogP) is 0.935. The Morgan fingerprint density at radius 2 is 2.00 bits per heavy atom. The maximum absolute atomic E-state index is 11.8. The standard InChI is InChI=1S/C10H14F3NO4/c1-6(4-18-5-10(11,12)13)14-7(15)9(2-3-9)8(16)17/h6H,2-5H2,1H3,(H,14,15)(H,16,17). The minimum atomic E-state index is -4.41. The summed E-state index contributed by atoms with van der Waals surface area (Å²) in [5.41, 5.74) is -1.39. The number of nitrogens with one attached hydrogen (secondary N) is 1. The molecule has 104 valence electrons. The molecule has 0 aromatic carbocycles. The summed E-state index contributed by atoms with van der Waals surface area (Å²) in [6.07, 6.45) is -3.91. The zero-order valence-electron chi connectivity index (χ0n) is 9.71. The van der Waals surface area contributed by atoms with Crippen LogP contribution in [0.5, 0.6) is 0 Å². The summed E-state index contributed by atoms with van der Waals surface area (Å²) in [7, 11) is 0. The van der Waals surface area contributed by atoms with E-state index in [9.17, 15) is 22.8 Å². The van der Waals surface area contributed by atoms with Crippen molar-refractivity contribution >= 4 is 11.9 Å². The Morgan fingerprint density at radius 1 is 1.44 bits per heavy atom. The van der Waals surface area contributed by atoms with Crippen molar-refractivity contribution in [3.63, 3.8) is 0 Å². The monoisotopic (exact) mass is 269 g/mol. The SMILES string of the molecule is CC(COCC(F)(F)F)NC(=O)C1(C(=O)O)CC1. The van der Waals surface area contributed by atoms with Gasteiger partial charge in [-0.1, -0.05) is 0 Å². The number of carboxylic acid groups (broad SMARTS) is 1. The highest BCUT2D eigenvalue weighted by molar-refractivity contribution is 6.04. The molecule has 0 heterocycles. The third-order valence-electron chi connectivity index (χ3n) is 2.61. The van der Waals surface area contributed by atoms with Crippen LogP contribution in [-0.4, -0.2) is 42.4 Å². The fourth-order valence-electron chi connectivity index (χ4n) is 1.42. The summed E-state index contributed by atoms with van der Waals surface area (Å²) in [6.45, 7) is -0.259. The molecule has 18 heavy (non-hydrogen) atoms. The van der Waals surface area contributed by atoms with Crippen LogP contribution >= 0.6 is 0 Å². The van der Waals surface area contributed by atoms with Gasteiger partial charge in [0.1, 0.15) is 12.0 Å². The number of ether oxygens (including phenoxy) is 1. The lowest BCUT2D eigenvalue weighted by Crippen LogP contribution is -2.43. The molecule has 0 saturated heterocycles. The van der Waals surface area contributed by atoms with Gasteiger partial charge in [0.25, 0.3) is 0 Å². The fourth-order valence-corrected chi connectivity index (χ4v) is 1.42. The lowest BCUT2D eigenvalue weighted by atomic mass is 10.1. The second kappa shape index (κ2) is 5.13. The zero-order chi connectivity index (χ0) is 14.0. The number of alkyl halides is 3. The number of carbonyl (C=O) groups is 2. The van der Waals surface area contributed by atoms with Crippen LogP contribution in [-0.2, 0) is 14.3 Å². The van der Waals surface area contributed by atoms with Gasteiger partial charge >= 0.3 is 12.1 Å². The van der Waals surface area contributed by atoms with Gasteiger partial charge in [-0.3, -0.25) is 9.59 Å². The van der Waals surface area contributed by atoms with Crippen molar-refractivity contribution in [1.29, 1.82) is 0 Å². The Morgan fingerprint density at radius 3 is 2.39 bits per heavy atom. The number of aliphatic carboxylic acids is 1. The van der Waals surface area contributed by atoms with E-state index < -0.39 is 36.1 Å². The molecule has 1 aliphatic carbocycles. The number of carboxylic acids is 1. The summed E-state index contributed by atoms with van der Waals surface area (Å²) in [5, 5.41) is 11.2. The normalized spacial score (nSPS) is 19.1. The number of rotatable bonds is 6. The first-order chi connectivity index (χ1) is 8.17. The van der Waals surface area contributed by atoms with Crippen LogP contribution in [0.25, 0.3) is 0 Å². The summed E-state index contributed by atoms with van der Waals surface area (Å²) in [6, 6.07) is -0.670. The second-order valence-corrected chi connectivity index (χ2v) is 4.39. The first kappa shape index (κ1) is 14.7. The minimum Gasteiger partial charge on any atom is -0.480 e. The van der Waals surface area contributed by atoms with Crippen LogP contribution in [0.4, 0.5) is 13.2 Å². The van der Waals surface area contributed by atoms with Crippen LogP contribution in [0.2, 0.25) is 0 Å². The Kier molecular flexibility index (Phi) is 4.20. The molecule has 1 atom stereocenters. The van der Waals surface area contributed by atoms with Crippen molar-refractivity contribution < 1.29 is 32.6 Å². The summed E-state index contributed by atoms with van der Waals surface area (Å²) < 4.78 is 39.7. The first-order valence-electron chi connectivity index (χ1n) is 5.36. The molecule has 1 rings (SSSR count). The molecule has 1 fully saturated rings. The van der Waals surface area contributed by atoms with E-state index in [1.807, 2.05) is 0 Å². The topological polar surface area (TPSA) is 75.6 Å².